The zero-order chi connectivity index (χ0) is 15.8. The van der Waals surface area contributed by atoms with Crippen molar-refractivity contribution in [2.45, 2.75) is 12.6 Å². The maximum Gasteiger partial charge on any atom is 0.406 e. The lowest BCUT2D eigenvalue weighted by molar-refractivity contribution is -0.166. The Morgan fingerprint density at radius 2 is 1.80 bits per heavy atom. The maximum absolute atomic E-state index is 12.3. The first-order valence-electron chi connectivity index (χ1n) is 5.36. The van der Waals surface area contributed by atoms with Gasteiger partial charge in [0.25, 0.3) is 0 Å². The minimum atomic E-state index is -4.64. The Kier molecular flexibility index (Phi) is 7.59. The van der Waals surface area contributed by atoms with Crippen molar-refractivity contribution in [1.29, 1.82) is 0 Å². The van der Waals surface area contributed by atoms with Crippen molar-refractivity contribution in [2.75, 3.05) is 33.4 Å². The summed E-state index contributed by atoms with van der Waals surface area (Å²) < 4.78 is 45.5. The molecule has 0 unspecified atom stereocenters. The normalized spacial score (nSPS) is 11.0. The highest BCUT2D eigenvalue weighted by Crippen LogP contribution is 2.16. The second kappa shape index (κ2) is 8.35. The smallest absolute Gasteiger partial charge is 0.406 e. The van der Waals surface area contributed by atoms with Crippen molar-refractivity contribution >= 4 is 17.8 Å². The van der Waals surface area contributed by atoms with Crippen LogP contribution in [0.15, 0.2) is 0 Å². The molecule has 10 heteroatoms. The molecule has 0 aliphatic heterocycles. The first-order chi connectivity index (χ1) is 9.15. The minimum absolute atomic E-state index is 0.360. The van der Waals surface area contributed by atoms with Gasteiger partial charge < -0.3 is 19.5 Å². The number of ether oxygens (including phenoxy) is 2. The van der Waals surface area contributed by atoms with E-state index in [-0.39, 0.29) is 0 Å². The third-order valence-electron chi connectivity index (χ3n) is 1.99. The molecule has 0 radical (unpaired) electrons. The van der Waals surface area contributed by atoms with Gasteiger partial charge in [0.1, 0.15) is 19.8 Å². The SMILES string of the molecule is COC(=O)CCN(CC(F)(F)F)C(=O)COCC(=O)O. The molecule has 0 aliphatic carbocycles. The predicted molar refractivity (Wildman–Crippen MR) is 57.7 cm³/mol. The number of hydrogen-bond acceptors (Lipinski definition) is 5. The van der Waals surface area contributed by atoms with Gasteiger partial charge in [0.2, 0.25) is 5.91 Å². The lowest BCUT2D eigenvalue weighted by atomic mass is 10.3. The van der Waals surface area contributed by atoms with Crippen LogP contribution in [0, 0.1) is 0 Å². The van der Waals surface area contributed by atoms with Crippen LogP contribution in [0.1, 0.15) is 6.42 Å². The number of carboxylic acids is 1. The summed E-state index contributed by atoms with van der Waals surface area (Å²) in [6, 6.07) is 0. The fourth-order valence-electron chi connectivity index (χ4n) is 1.15. The molecule has 0 bridgehead atoms. The lowest BCUT2D eigenvalue weighted by Crippen LogP contribution is -2.42. The first-order valence-corrected chi connectivity index (χ1v) is 5.36. The number of alkyl halides is 3. The quantitative estimate of drug-likeness (QED) is 0.636. The number of hydrogen-bond donors (Lipinski definition) is 1. The van der Waals surface area contributed by atoms with Crippen LogP contribution in [-0.4, -0.2) is 67.4 Å². The van der Waals surface area contributed by atoms with E-state index in [1.807, 2.05) is 0 Å². The van der Waals surface area contributed by atoms with Crippen LogP contribution < -0.4 is 0 Å². The molecule has 0 aromatic heterocycles. The summed E-state index contributed by atoms with van der Waals surface area (Å²) in [5, 5.41) is 8.27. The zero-order valence-corrected chi connectivity index (χ0v) is 10.6. The highest BCUT2D eigenvalue weighted by Gasteiger charge is 2.33. The van der Waals surface area contributed by atoms with Crippen LogP contribution in [0.5, 0.6) is 0 Å². The Balaban J connectivity index is 4.45. The lowest BCUT2D eigenvalue weighted by Gasteiger charge is -2.23. The monoisotopic (exact) mass is 301 g/mol. The van der Waals surface area contributed by atoms with Crippen molar-refractivity contribution < 1.29 is 42.1 Å². The molecular formula is C10H14F3NO6. The fourth-order valence-corrected chi connectivity index (χ4v) is 1.15. The molecule has 0 aromatic rings. The molecule has 7 nitrogen and oxygen atoms in total. The number of methoxy groups -OCH3 is 1. The highest BCUT2D eigenvalue weighted by molar-refractivity contribution is 5.79. The van der Waals surface area contributed by atoms with Crippen molar-refractivity contribution in [1.82, 2.24) is 4.90 Å². The second-order valence-electron chi connectivity index (χ2n) is 3.64. The molecule has 0 saturated carbocycles. The van der Waals surface area contributed by atoms with Crippen molar-refractivity contribution in [2.24, 2.45) is 0 Å². The molecule has 1 amide bonds. The molecule has 0 heterocycles. The van der Waals surface area contributed by atoms with Gasteiger partial charge in [-0.25, -0.2) is 4.79 Å². The molecule has 0 aliphatic rings. The Hall–Kier alpha value is -1.84. The van der Waals surface area contributed by atoms with E-state index in [4.69, 9.17) is 5.11 Å². The molecule has 0 fully saturated rings. The molecular weight excluding hydrogens is 287 g/mol. The van der Waals surface area contributed by atoms with E-state index in [2.05, 4.69) is 9.47 Å². The highest BCUT2D eigenvalue weighted by atomic mass is 19.4. The van der Waals surface area contributed by atoms with Crippen LogP contribution in [0.4, 0.5) is 13.2 Å². The van der Waals surface area contributed by atoms with Crippen molar-refractivity contribution in [3.8, 4) is 0 Å². The van der Waals surface area contributed by atoms with Gasteiger partial charge >= 0.3 is 18.1 Å². The molecule has 0 aromatic carbocycles. The second-order valence-corrected chi connectivity index (χ2v) is 3.64. The summed E-state index contributed by atoms with van der Waals surface area (Å²) in [4.78, 5) is 32.8. The number of esters is 1. The van der Waals surface area contributed by atoms with E-state index < -0.39 is 56.7 Å². The number of carbonyl (C=O) groups is 3. The summed E-state index contributed by atoms with van der Waals surface area (Å²) >= 11 is 0. The average Bonchev–Trinajstić information content (AvgIpc) is 2.31. The largest absolute Gasteiger partial charge is 0.480 e. The van der Waals surface area contributed by atoms with Gasteiger partial charge in [-0.3, -0.25) is 9.59 Å². The number of amides is 1. The van der Waals surface area contributed by atoms with Crippen LogP contribution in [0.25, 0.3) is 0 Å². The van der Waals surface area contributed by atoms with E-state index in [1.54, 1.807) is 0 Å². The van der Waals surface area contributed by atoms with Crippen LogP contribution in [0.2, 0.25) is 0 Å². The van der Waals surface area contributed by atoms with Gasteiger partial charge in [0.15, 0.2) is 0 Å². The molecule has 1 N–H and O–H groups in total. The van der Waals surface area contributed by atoms with Gasteiger partial charge in [-0.2, -0.15) is 13.2 Å². The van der Waals surface area contributed by atoms with Crippen LogP contribution in [-0.2, 0) is 23.9 Å². The Bertz CT molecular complexity index is 357. The molecule has 116 valence electrons. The summed E-state index contributed by atoms with van der Waals surface area (Å²) in [5.74, 6) is -3.18. The first kappa shape index (κ1) is 18.2. The molecule has 20 heavy (non-hydrogen) atoms. The van der Waals surface area contributed by atoms with E-state index in [0.717, 1.165) is 7.11 Å². The summed E-state index contributed by atoms with van der Waals surface area (Å²) in [6.07, 6.45) is -5.05. The van der Waals surface area contributed by atoms with Crippen molar-refractivity contribution in [3.63, 3.8) is 0 Å². The van der Waals surface area contributed by atoms with E-state index in [9.17, 15) is 27.6 Å². The molecule has 0 rings (SSSR count). The number of nitrogens with zero attached hydrogens (tertiary/aromatic N) is 1. The molecule has 0 spiro atoms. The maximum atomic E-state index is 12.3. The van der Waals surface area contributed by atoms with Gasteiger partial charge in [-0.05, 0) is 0 Å². The average molecular weight is 301 g/mol. The third-order valence-corrected chi connectivity index (χ3v) is 1.99. The summed E-state index contributed by atoms with van der Waals surface area (Å²) in [6.45, 7) is -3.67. The Morgan fingerprint density at radius 1 is 1.20 bits per heavy atom. The third kappa shape index (κ3) is 9.14. The standard InChI is InChI=1S/C10H14F3NO6/c1-19-9(18)2-3-14(6-10(11,12)13)7(15)4-20-5-8(16)17/h2-6H2,1H3,(H,16,17). The molecule has 0 saturated heterocycles. The van der Waals surface area contributed by atoms with E-state index >= 15 is 0 Å². The Labute approximate surface area is 112 Å². The van der Waals surface area contributed by atoms with Gasteiger partial charge in [0, 0.05) is 6.54 Å². The van der Waals surface area contributed by atoms with Crippen LogP contribution in [0.3, 0.4) is 0 Å². The van der Waals surface area contributed by atoms with Gasteiger partial charge in [-0.15, -0.1) is 0 Å². The fraction of sp³-hybridized carbons (Fsp3) is 0.700. The number of rotatable bonds is 8. The van der Waals surface area contributed by atoms with Gasteiger partial charge in [-0.1, -0.05) is 0 Å². The molecule has 0 atom stereocenters. The number of aliphatic carboxylic acids is 1. The summed E-state index contributed by atoms with van der Waals surface area (Å²) in [7, 11) is 1.06. The summed E-state index contributed by atoms with van der Waals surface area (Å²) in [5.41, 5.74) is 0. The minimum Gasteiger partial charge on any atom is -0.480 e. The van der Waals surface area contributed by atoms with E-state index in [0.29, 0.717) is 4.90 Å². The Morgan fingerprint density at radius 3 is 2.25 bits per heavy atom. The van der Waals surface area contributed by atoms with Crippen LogP contribution >= 0.6 is 0 Å². The topological polar surface area (TPSA) is 93.1 Å². The predicted octanol–water partition coefficient (Wildman–Crippen LogP) is 0.0416. The number of carboxylic acid groups (broad SMARTS) is 1. The number of halogens is 3. The van der Waals surface area contributed by atoms with E-state index in [1.165, 1.54) is 0 Å². The zero-order valence-electron chi connectivity index (χ0n) is 10.6. The number of carbonyl (C=O) groups excluding carboxylic acids is 2. The van der Waals surface area contributed by atoms with Crippen molar-refractivity contribution in [3.05, 3.63) is 0 Å². The van der Waals surface area contributed by atoms with Gasteiger partial charge in [0.05, 0.1) is 13.5 Å².